The molecule has 164 valence electrons. The van der Waals surface area contributed by atoms with Gasteiger partial charge in [-0.1, -0.05) is 17.3 Å². The van der Waals surface area contributed by atoms with Crippen LogP contribution in [0.5, 0.6) is 0 Å². The molecule has 0 radical (unpaired) electrons. The van der Waals surface area contributed by atoms with Crippen LogP contribution in [-0.2, 0) is 14.4 Å². The molecular formula is C18H14N7NaO5S2. The van der Waals surface area contributed by atoms with Crippen molar-refractivity contribution in [2.24, 2.45) is 5.16 Å². The zero-order valence-electron chi connectivity index (χ0n) is 17.0. The Hall–Kier alpha value is -2.78. The van der Waals surface area contributed by atoms with Gasteiger partial charge < -0.3 is 26.2 Å². The van der Waals surface area contributed by atoms with Crippen molar-refractivity contribution in [2.75, 3.05) is 11.5 Å². The van der Waals surface area contributed by atoms with Crippen molar-refractivity contribution >= 4 is 57.8 Å². The van der Waals surface area contributed by atoms with Gasteiger partial charge in [0.15, 0.2) is 10.8 Å². The molecule has 4 heterocycles. The molecule has 2 aromatic heterocycles. The van der Waals surface area contributed by atoms with Gasteiger partial charge in [-0.2, -0.15) is 0 Å². The van der Waals surface area contributed by atoms with Gasteiger partial charge in [-0.25, -0.2) is 15.0 Å². The Bertz CT molecular complexity index is 1180. The molecule has 2 aromatic rings. The van der Waals surface area contributed by atoms with Crippen molar-refractivity contribution in [3.8, 4) is 0 Å². The largest absolute Gasteiger partial charge is 1.00 e. The summed E-state index contributed by atoms with van der Waals surface area (Å²) in [5, 5.41) is 27.4. The van der Waals surface area contributed by atoms with Gasteiger partial charge in [0.1, 0.15) is 23.4 Å². The van der Waals surface area contributed by atoms with Gasteiger partial charge in [0.05, 0.1) is 11.7 Å². The number of nitrogens with one attached hydrogen (secondary N) is 1. The number of aromatic nitrogens is 3. The fraction of sp³-hybridized carbons (Fsp3) is 0.167. The SMILES string of the molecule is Nc1nc(/C(=N/O)C(=O)N[C@@H]2C(=O)N3C(C(=O)[O-])=C(/C=C\c4cncnc4)CS[C@@H]23)cs1.[Na+]. The summed E-state index contributed by atoms with van der Waals surface area (Å²) in [4.78, 5) is 49.7. The first-order valence-electron chi connectivity index (χ1n) is 8.97. The Labute approximate surface area is 217 Å². The Balaban J connectivity index is 0.00000306. The predicted octanol–water partition coefficient (Wildman–Crippen LogP) is -4.19. The molecule has 4 rings (SSSR count). The fourth-order valence-corrected chi connectivity index (χ4v) is 5.04. The molecule has 0 unspecified atom stereocenters. The first-order valence-corrected chi connectivity index (χ1v) is 10.9. The first kappa shape index (κ1) is 24.9. The summed E-state index contributed by atoms with van der Waals surface area (Å²) in [5.74, 6) is -2.71. The Morgan fingerprint density at radius 2 is 2.06 bits per heavy atom. The molecule has 0 saturated carbocycles. The standard InChI is InChI=1S/C18H15N7O5S2.Na/c19-18-22-10(6-32-18)11(24-30)14(26)23-12-15(27)25-13(17(28)29)9(5-31-16(12)25)2-1-8-3-20-7-21-4-8;/h1-4,6-7,12,16,30H,5H2,(H2,19,22)(H,23,26)(H,28,29);/q;+1/p-1/b2-1-,24-11-;/t12-,16+;/m1./s1. The number of nitrogens with two attached hydrogens (primary N) is 1. The number of fused-ring (bicyclic) bond motifs is 1. The number of thioether (sulfide) groups is 1. The van der Waals surface area contributed by atoms with E-state index in [9.17, 15) is 24.7 Å². The molecule has 1 saturated heterocycles. The van der Waals surface area contributed by atoms with Gasteiger partial charge in [0, 0.05) is 29.1 Å². The number of nitrogen functional groups attached to an aromatic ring is 1. The minimum atomic E-state index is -1.51. The van der Waals surface area contributed by atoms with Gasteiger partial charge >= 0.3 is 29.6 Å². The average molecular weight is 495 g/mol. The second-order valence-electron chi connectivity index (χ2n) is 6.55. The summed E-state index contributed by atoms with van der Waals surface area (Å²) in [5.41, 5.74) is 5.95. The Morgan fingerprint density at radius 3 is 2.67 bits per heavy atom. The number of hydrogen-bond acceptors (Lipinski definition) is 12. The maximum atomic E-state index is 12.7. The van der Waals surface area contributed by atoms with Crippen LogP contribution in [0.4, 0.5) is 5.13 Å². The topological polar surface area (TPSA) is 187 Å². The van der Waals surface area contributed by atoms with Gasteiger partial charge in [0.2, 0.25) is 0 Å². The van der Waals surface area contributed by atoms with E-state index >= 15 is 0 Å². The maximum Gasteiger partial charge on any atom is 1.00 e. The number of allylic oxidation sites excluding steroid dienone is 1. The van der Waals surface area contributed by atoms with E-state index in [0.29, 0.717) is 11.1 Å². The number of anilines is 1. The number of carbonyl (C=O) groups is 3. The van der Waals surface area contributed by atoms with Crippen LogP contribution in [0.2, 0.25) is 0 Å². The molecule has 0 aliphatic carbocycles. The number of oxime groups is 1. The van der Waals surface area contributed by atoms with Crippen molar-refractivity contribution in [3.63, 3.8) is 0 Å². The summed E-state index contributed by atoms with van der Waals surface area (Å²) >= 11 is 2.33. The number of β-lactam (4-membered cyclic amide) rings is 1. The molecule has 15 heteroatoms. The summed E-state index contributed by atoms with van der Waals surface area (Å²) in [6.45, 7) is 0. The zero-order valence-corrected chi connectivity index (χ0v) is 20.7. The molecule has 1 fully saturated rings. The molecule has 0 aromatic carbocycles. The van der Waals surface area contributed by atoms with Crippen LogP contribution in [-0.4, -0.2) is 65.7 Å². The van der Waals surface area contributed by atoms with E-state index in [-0.39, 0.29) is 51.8 Å². The normalized spacial score (nSPS) is 20.2. The zero-order chi connectivity index (χ0) is 22.8. The smallest absolute Gasteiger partial charge is 0.543 e. The molecular weight excluding hydrogens is 481 g/mol. The quantitative estimate of drug-likeness (QED) is 0.117. The van der Waals surface area contributed by atoms with Crippen LogP contribution in [0.1, 0.15) is 11.3 Å². The van der Waals surface area contributed by atoms with E-state index < -0.39 is 34.9 Å². The number of carboxylic acids is 1. The third kappa shape index (κ3) is 4.94. The van der Waals surface area contributed by atoms with Crippen LogP contribution in [0, 0.1) is 0 Å². The number of aliphatic carboxylic acids is 1. The second-order valence-corrected chi connectivity index (χ2v) is 8.54. The van der Waals surface area contributed by atoms with E-state index in [0.717, 1.165) is 16.2 Å². The van der Waals surface area contributed by atoms with Gasteiger partial charge in [0.25, 0.3) is 11.8 Å². The number of rotatable bonds is 6. The van der Waals surface area contributed by atoms with E-state index in [2.05, 4.69) is 25.4 Å². The number of thiazole rings is 1. The molecule has 2 amide bonds. The third-order valence-electron chi connectivity index (χ3n) is 4.61. The van der Waals surface area contributed by atoms with Crippen molar-refractivity contribution in [3.05, 3.63) is 52.7 Å². The molecule has 12 nitrogen and oxygen atoms in total. The summed E-state index contributed by atoms with van der Waals surface area (Å²) in [6.07, 6.45) is 7.67. The molecule has 2 aliphatic heterocycles. The third-order valence-corrected chi connectivity index (χ3v) is 6.59. The number of nitrogens with zero attached hydrogens (tertiary/aromatic N) is 5. The molecule has 33 heavy (non-hydrogen) atoms. The van der Waals surface area contributed by atoms with E-state index in [1.165, 1.54) is 23.5 Å². The summed E-state index contributed by atoms with van der Waals surface area (Å²) in [6, 6.07) is -1.01. The van der Waals surface area contributed by atoms with Gasteiger partial charge in [-0.05, 0) is 5.57 Å². The van der Waals surface area contributed by atoms with Crippen LogP contribution in [0.25, 0.3) is 6.08 Å². The van der Waals surface area contributed by atoms with E-state index in [1.54, 1.807) is 24.5 Å². The summed E-state index contributed by atoms with van der Waals surface area (Å²) in [7, 11) is 0. The molecule has 2 atom stereocenters. The average Bonchev–Trinajstić information content (AvgIpc) is 3.22. The predicted molar refractivity (Wildman–Crippen MR) is 113 cm³/mol. The first-order chi connectivity index (χ1) is 15.4. The van der Waals surface area contributed by atoms with Gasteiger partial charge in [-0.15, -0.1) is 23.1 Å². The number of amides is 2. The minimum absolute atomic E-state index is 0. The monoisotopic (exact) mass is 495 g/mol. The van der Waals surface area contributed by atoms with Crippen LogP contribution >= 0.6 is 23.1 Å². The molecule has 0 bridgehead atoms. The van der Waals surface area contributed by atoms with Crippen molar-refractivity contribution in [1.29, 1.82) is 0 Å². The van der Waals surface area contributed by atoms with E-state index in [4.69, 9.17) is 5.73 Å². The Morgan fingerprint density at radius 1 is 1.33 bits per heavy atom. The Kier molecular flexibility index (Phi) is 7.86. The molecule has 4 N–H and O–H groups in total. The fourth-order valence-electron chi connectivity index (χ4n) is 3.17. The van der Waals surface area contributed by atoms with Gasteiger partial charge in [-0.3, -0.25) is 14.5 Å². The molecule has 2 aliphatic rings. The second kappa shape index (κ2) is 10.4. The number of carbonyl (C=O) groups excluding carboxylic acids is 3. The van der Waals surface area contributed by atoms with Crippen molar-refractivity contribution < 1.29 is 54.3 Å². The van der Waals surface area contributed by atoms with Crippen molar-refractivity contribution in [1.82, 2.24) is 25.2 Å². The minimum Gasteiger partial charge on any atom is -0.543 e. The van der Waals surface area contributed by atoms with E-state index in [1.807, 2.05) is 0 Å². The molecule has 0 spiro atoms. The van der Waals surface area contributed by atoms with Crippen LogP contribution in [0.3, 0.4) is 0 Å². The van der Waals surface area contributed by atoms with Crippen LogP contribution in [0.15, 0.2) is 46.6 Å². The van der Waals surface area contributed by atoms with Crippen LogP contribution < -0.4 is 45.7 Å². The maximum absolute atomic E-state index is 12.7. The van der Waals surface area contributed by atoms with Crippen molar-refractivity contribution in [2.45, 2.75) is 11.4 Å². The summed E-state index contributed by atoms with van der Waals surface area (Å²) < 4.78 is 0. The number of carboxylic acid groups (broad SMARTS) is 1. The number of hydrogen-bond donors (Lipinski definition) is 3.